The van der Waals surface area contributed by atoms with Crippen molar-refractivity contribution in [2.75, 3.05) is 13.2 Å². The fourth-order valence-corrected chi connectivity index (χ4v) is 4.44. The summed E-state index contributed by atoms with van der Waals surface area (Å²) in [5.41, 5.74) is 2.52. The molecule has 0 radical (unpaired) electrons. The van der Waals surface area contributed by atoms with Crippen LogP contribution in [0.1, 0.15) is 18.1 Å². The van der Waals surface area contributed by atoms with Crippen LogP contribution in [-0.2, 0) is 20.9 Å². The van der Waals surface area contributed by atoms with Crippen molar-refractivity contribution in [1.82, 2.24) is 14.9 Å². The van der Waals surface area contributed by atoms with E-state index in [-0.39, 0.29) is 29.8 Å². The number of carbonyl (C=O) groups is 2. The van der Waals surface area contributed by atoms with Crippen molar-refractivity contribution in [2.24, 2.45) is 0 Å². The number of para-hydroxylation sites is 2. The molecule has 1 atom stereocenters. The van der Waals surface area contributed by atoms with Crippen LogP contribution >= 0.6 is 0 Å². The minimum Gasteiger partial charge on any atom is -0.389 e. The normalized spacial score (nSPS) is 15.1. The number of hydrogen-bond donors (Lipinski definition) is 3. The standard InChI is InChI=1S/C25H22FN3O4/c1-2-33-13-14(30)11-29-12-18(16-7-5-8-19(26)23(16)29)22-21(24(31)28-25(22)32)17-10-27-20-9-4-3-6-15(17)20/h3-10,12,14,27,30H,2,11,13H2,1H3,(H,28,31,32). The highest BCUT2D eigenvalue weighted by Gasteiger charge is 2.35. The summed E-state index contributed by atoms with van der Waals surface area (Å²) in [7, 11) is 0. The number of amides is 2. The molecule has 4 aromatic rings. The third kappa shape index (κ3) is 3.53. The molecule has 33 heavy (non-hydrogen) atoms. The number of nitrogens with zero attached hydrogens (tertiary/aromatic N) is 1. The van der Waals surface area contributed by atoms with Gasteiger partial charge in [0.25, 0.3) is 11.8 Å². The predicted molar refractivity (Wildman–Crippen MR) is 123 cm³/mol. The SMILES string of the molecule is CCOCC(O)Cn1cc(C2=C(c3c[nH]c4ccccc34)C(=O)NC2=O)c2cccc(F)c21. The van der Waals surface area contributed by atoms with Crippen molar-refractivity contribution in [1.29, 1.82) is 0 Å². The minimum absolute atomic E-state index is 0.0721. The maximum atomic E-state index is 14.9. The Kier molecular flexibility index (Phi) is 5.32. The summed E-state index contributed by atoms with van der Waals surface area (Å²) < 4.78 is 21.7. The molecular formula is C25H22FN3O4. The van der Waals surface area contributed by atoms with Gasteiger partial charge in [0.15, 0.2) is 0 Å². The molecule has 7 nitrogen and oxygen atoms in total. The lowest BCUT2D eigenvalue weighted by Gasteiger charge is -2.12. The Morgan fingerprint density at radius 1 is 1.03 bits per heavy atom. The van der Waals surface area contributed by atoms with Crippen LogP contribution in [0.15, 0.2) is 54.9 Å². The number of H-pyrrole nitrogens is 1. The summed E-state index contributed by atoms with van der Waals surface area (Å²) in [4.78, 5) is 29.0. The fraction of sp³-hybridized carbons (Fsp3) is 0.200. The van der Waals surface area contributed by atoms with Gasteiger partial charge in [0.05, 0.1) is 35.9 Å². The van der Waals surface area contributed by atoms with E-state index in [1.54, 1.807) is 29.1 Å². The monoisotopic (exact) mass is 447 g/mol. The van der Waals surface area contributed by atoms with Crippen LogP contribution in [0, 0.1) is 5.82 Å². The first kappa shape index (κ1) is 21.1. The number of hydrogen-bond acceptors (Lipinski definition) is 4. The highest BCUT2D eigenvalue weighted by molar-refractivity contribution is 6.50. The number of imide groups is 1. The van der Waals surface area contributed by atoms with Crippen molar-refractivity contribution in [3.05, 3.63) is 71.8 Å². The number of ether oxygens (including phenoxy) is 1. The van der Waals surface area contributed by atoms with Crippen LogP contribution < -0.4 is 5.32 Å². The Morgan fingerprint density at radius 3 is 2.55 bits per heavy atom. The van der Waals surface area contributed by atoms with Gasteiger partial charge in [-0.1, -0.05) is 30.3 Å². The number of aromatic amines is 1. The summed E-state index contributed by atoms with van der Waals surface area (Å²) in [5, 5.41) is 14.0. The molecular weight excluding hydrogens is 425 g/mol. The lowest BCUT2D eigenvalue weighted by Crippen LogP contribution is -2.22. The van der Waals surface area contributed by atoms with E-state index in [4.69, 9.17) is 4.74 Å². The lowest BCUT2D eigenvalue weighted by atomic mass is 9.95. The molecule has 2 amide bonds. The van der Waals surface area contributed by atoms with Crippen molar-refractivity contribution in [2.45, 2.75) is 19.6 Å². The summed E-state index contributed by atoms with van der Waals surface area (Å²) in [5.74, 6) is -1.53. The van der Waals surface area contributed by atoms with Crippen LogP contribution in [0.3, 0.4) is 0 Å². The Morgan fingerprint density at radius 2 is 1.76 bits per heavy atom. The third-order valence-corrected chi connectivity index (χ3v) is 5.83. The molecule has 0 spiro atoms. The van der Waals surface area contributed by atoms with Gasteiger partial charge < -0.3 is 19.4 Å². The van der Waals surface area contributed by atoms with Gasteiger partial charge in [0, 0.05) is 46.4 Å². The van der Waals surface area contributed by atoms with Crippen LogP contribution in [0.5, 0.6) is 0 Å². The van der Waals surface area contributed by atoms with Gasteiger partial charge in [-0.05, 0) is 19.1 Å². The average molecular weight is 447 g/mol. The quantitative estimate of drug-likeness (QED) is 0.379. The Hall–Kier alpha value is -3.75. The Labute approximate surface area is 188 Å². The number of carbonyl (C=O) groups excluding carboxylic acids is 2. The molecule has 0 fully saturated rings. The van der Waals surface area contributed by atoms with E-state index in [0.717, 1.165) is 10.9 Å². The summed E-state index contributed by atoms with van der Waals surface area (Å²) in [6, 6.07) is 12.1. The Balaban J connectivity index is 1.72. The van der Waals surface area contributed by atoms with Crippen molar-refractivity contribution < 1.29 is 23.8 Å². The van der Waals surface area contributed by atoms with Gasteiger partial charge in [0.1, 0.15) is 5.82 Å². The topological polar surface area (TPSA) is 96.3 Å². The largest absolute Gasteiger partial charge is 0.389 e. The highest BCUT2D eigenvalue weighted by atomic mass is 19.1. The summed E-state index contributed by atoms with van der Waals surface area (Å²) >= 11 is 0. The highest BCUT2D eigenvalue weighted by Crippen LogP contribution is 2.38. The van der Waals surface area contributed by atoms with Gasteiger partial charge in [-0.3, -0.25) is 14.9 Å². The second-order valence-electron chi connectivity index (χ2n) is 7.93. The molecule has 1 aliphatic rings. The summed E-state index contributed by atoms with van der Waals surface area (Å²) in [6.07, 6.45) is 2.45. The van der Waals surface area contributed by atoms with Gasteiger partial charge in [0.2, 0.25) is 0 Å². The van der Waals surface area contributed by atoms with E-state index >= 15 is 0 Å². The second-order valence-corrected chi connectivity index (χ2v) is 7.93. The zero-order valence-electron chi connectivity index (χ0n) is 17.9. The molecule has 1 aliphatic heterocycles. The maximum Gasteiger partial charge on any atom is 0.259 e. The number of aromatic nitrogens is 2. The minimum atomic E-state index is -0.867. The maximum absolute atomic E-state index is 14.9. The smallest absolute Gasteiger partial charge is 0.259 e. The molecule has 0 saturated carbocycles. The van der Waals surface area contributed by atoms with Crippen molar-refractivity contribution in [3.8, 4) is 0 Å². The van der Waals surface area contributed by atoms with E-state index in [2.05, 4.69) is 10.3 Å². The van der Waals surface area contributed by atoms with Crippen LogP contribution in [0.2, 0.25) is 0 Å². The number of rotatable bonds is 7. The number of halogens is 1. The number of nitrogens with one attached hydrogen (secondary N) is 2. The predicted octanol–water partition coefficient (Wildman–Crippen LogP) is 3.23. The molecule has 2 aromatic heterocycles. The molecule has 0 aliphatic carbocycles. The lowest BCUT2D eigenvalue weighted by molar-refractivity contribution is -0.122. The number of aliphatic hydroxyl groups excluding tert-OH is 1. The molecule has 8 heteroatoms. The second kappa shape index (κ2) is 8.31. The van der Waals surface area contributed by atoms with Gasteiger partial charge in [-0.25, -0.2) is 4.39 Å². The Bertz CT molecular complexity index is 1430. The molecule has 2 aromatic carbocycles. The average Bonchev–Trinajstić information content (AvgIpc) is 3.46. The molecule has 0 saturated heterocycles. The molecule has 5 rings (SSSR count). The van der Waals surface area contributed by atoms with E-state index in [0.29, 0.717) is 23.1 Å². The first-order chi connectivity index (χ1) is 16.0. The zero-order chi connectivity index (χ0) is 23.1. The van der Waals surface area contributed by atoms with Crippen LogP contribution in [-0.4, -0.2) is 45.8 Å². The van der Waals surface area contributed by atoms with Crippen LogP contribution in [0.4, 0.5) is 4.39 Å². The van der Waals surface area contributed by atoms with E-state index in [1.807, 2.05) is 31.2 Å². The first-order valence-corrected chi connectivity index (χ1v) is 10.7. The third-order valence-electron chi connectivity index (χ3n) is 5.83. The zero-order valence-corrected chi connectivity index (χ0v) is 17.9. The van der Waals surface area contributed by atoms with Gasteiger partial charge in [-0.15, -0.1) is 0 Å². The number of aliphatic hydroxyl groups is 1. The molecule has 1 unspecified atom stereocenters. The van der Waals surface area contributed by atoms with E-state index in [1.165, 1.54) is 6.07 Å². The van der Waals surface area contributed by atoms with E-state index < -0.39 is 23.7 Å². The van der Waals surface area contributed by atoms with Crippen molar-refractivity contribution >= 4 is 44.8 Å². The van der Waals surface area contributed by atoms with E-state index in [9.17, 15) is 19.1 Å². The molecule has 168 valence electrons. The molecule has 0 bridgehead atoms. The van der Waals surface area contributed by atoms with Crippen molar-refractivity contribution in [3.63, 3.8) is 0 Å². The summed E-state index contributed by atoms with van der Waals surface area (Å²) in [6.45, 7) is 2.45. The van der Waals surface area contributed by atoms with Crippen LogP contribution in [0.25, 0.3) is 33.0 Å². The van der Waals surface area contributed by atoms with Gasteiger partial charge >= 0.3 is 0 Å². The molecule has 3 heterocycles. The first-order valence-electron chi connectivity index (χ1n) is 10.7. The molecule has 3 N–H and O–H groups in total. The number of fused-ring (bicyclic) bond motifs is 2. The van der Waals surface area contributed by atoms with Gasteiger partial charge in [-0.2, -0.15) is 0 Å². The fourth-order valence-electron chi connectivity index (χ4n) is 4.44. The number of benzene rings is 2.